The fraction of sp³-hybridized carbons (Fsp3) is 0.357. The van der Waals surface area contributed by atoms with Crippen LogP contribution in [0, 0.1) is 0 Å². The third kappa shape index (κ3) is 3.72. The molecule has 1 fully saturated rings. The van der Waals surface area contributed by atoms with Gasteiger partial charge >= 0.3 is 5.97 Å². The van der Waals surface area contributed by atoms with E-state index in [2.05, 4.69) is 5.32 Å². The van der Waals surface area contributed by atoms with E-state index in [0.717, 1.165) is 0 Å². The van der Waals surface area contributed by atoms with Gasteiger partial charge in [-0.1, -0.05) is 11.6 Å². The van der Waals surface area contributed by atoms with Crippen LogP contribution in [0.3, 0.4) is 0 Å². The van der Waals surface area contributed by atoms with Gasteiger partial charge in [0.15, 0.2) is 0 Å². The average molecular weight is 343 g/mol. The van der Waals surface area contributed by atoms with Crippen LogP contribution in [0.5, 0.6) is 0 Å². The molecule has 0 saturated carbocycles. The fourth-order valence-electron chi connectivity index (χ4n) is 1.99. The largest absolute Gasteiger partial charge is 0.480 e. The number of rotatable bonds is 4. The maximum Gasteiger partial charge on any atom is 0.325 e. The molecule has 2 unspecified atom stereocenters. The van der Waals surface area contributed by atoms with Crippen molar-refractivity contribution in [3.8, 4) is 0 Å². The number of hydrogen-bond donors (Lipinski definition) is 2. The summed E-state index contributed by atoms with van der Waals surface area (Å²) in [4.78, 5) is 36.9. The van der Waals surface area contributed by atoms with Crippen LogP contribution in [0.2, 0.25) is 5.02 Å². The summed E-state index contributed by atoms with van der Waals surface area (Å²) in [7, 11) is 0. The number of halogens is 1. The number of aliphatic carboxylic acids is 1. The highest BCUT2D eigenvalue weighted by molar-refractivity contribution is 7.99. The maximum absolute atomic E-state index is 12.5. The molecule has 2 atom stereocenters. The lowest BCUT2D eigenvalue weighted by Gasteiger charge is -2.24. The molecule has 0 aliphatic carbocycles. The quantitative estimate of drug-likeness (QED) is 0.864. The minimum absolute atomic E-state index is 0.273. The highest BCUT2D eigenvalue weighted by Crippen LogP contribution is 2.24. The molecule has 1 aliphatic heterocycles. The number of carboxylic acid groups (broad SMARTS) is 1. The number of thioether (sulfide) groups is 1. The van der Waals surface area contributed by atoms with Crippen molar-refractivity contribution in [1.29, 1.82) is 0 Å². The van der Waals surface area contributed by atoms with Crippen LogP contribution in [-0.2, 0) is 9.59 Å². The van der Waals surface area contributed by atoms with Crippen molar-refractivity contribution in [2.24, 2.45) is 0 Å². The lowest BCUT2D eigenvalue weighted by Crippen LogP contribution is -2.51. The van der Waals surface area contributed by atoms with Crippen molar-refractivity contribution >= 4 is 41.1 Å². The summed E-state index contributed by atoms with van der Waals surface area (Å²) in [5.74, 6) is -1.01. The molecular formula is C14H15ClN2O4S. The zero-order valence-corrected chi connectivity index (χ0v) is 13.4. The molecule has 8 heteroatoms. The number of benzene rings is 1. The third-order valence-electron chi connectivity index (χ3n) is 3.27. The zero-order valence-electron chi connectivity index (χ0n) is 11.8. The minimum Gasteiger partial charge on any atom is -0.480 e. The zero-order chi connectivity index (χ0) is 16.3. The van der Waals surface area contributed by atoms with Gasteiger partial charge in [-0.15, -0.1) is 11.8 Å². The number of amides is 2. The first kappa shape index (κ1) is 16.6. The summed E-state index contributed by atoms with van der Waals surface area (Å²) < 4.78 is 0. The van der Waals surface area contributed by atoms with Gasteiger partial charge in [0, 0.05) is 16.3 Å². The molecule has 118 valence electrons. The van der Waals surface area contributed by atoms with Gasteiger partial charge < -0.3 is 15.3 Å². The smallest absolute Gasteiger partial charge is 0.325 e. The van der Waals surface area contributed by atoms with Crippen molar-refractivity contribution in [3.63, 3.8) is 0 Å². The van der Waals surface area contributed by atoms with Crippen molar-refractivity contribution in [3.05, 3.63) is 34.9 Å². The molecule has 0 spiro atoms. The van der Waals surface area contributed by atoms with E-state index in [1.165, 1.54) is 23.6 Å². The number of carboxylic acids is 1. The van der Waals surface area contributed by atoms with Crippen LogP contribution in [-0.4, -0.2) is 51.5 Å². The van der Waals surface area contributed by atoms with E-state index in [-0.39, 0.29) is 5.91 Å². The van der Waals surface area contributed by atoms with Crippen LogP contribution in [0.25, 0.3) is 0 Å². The molecule has 0 radical (unpaired) electrons. The number of hydrogen-bond acceptors (Lipinski definition) is 4. The van der Waals surface area contributed by atoms with E-state index < -0.39 is 24.0 Å². The highest BCUT2D eigenvalue weighted by atomic mass is 35.5. The van der Waals surface area contributed by atoms with Gasteiger partial charge in [-0.2, -0.15) is 0 Å². The minimum atomic E-state index is -1.12. The second-order valence-corrected chi connectivity index (χ2v) is 6.30. The summed E-state index contributed by atoms with van der Waals surface area (Å²) in [6.45, 7) is 1.38. The molecule has 1 aromatic carbocycles. The van der Waals surface area contributed by atoms with E-state index in [0.29, 0.717) is 22.2 Å². The molecule has 1 heterocycles. The summed E-state index contributed by atoms with van der Waals surface area (Å²) in [5, 5.41) is 11.8. The molecule has 0 aromatic heterocycles. The van der Waals surface area contributed by atoms with E-state index in [1.807, 2.05) is 0 Å². The summed E-state index contributed by atoms with van der Waals surface area (Å²) in [6, 6.07) is 4.75. The van der Waals surface area contributed by atoms with E-state index in [1.54, 1.807) is 24.3 Å². The molecule has 1 aliphatic rings. The molecule has 1 aromatic rings. The van der Waals surface area contributed by atoms with Crippen LogP contribution >= 0.6 is 23.4 Å². The van der Waals surface area contributed by atoms with Crippen molar-refractivity contribution in [2.45, 2.75) is 19.0 Å². The molecule has 1 saturated heterocycles. The molecule has 6 nitrogen and oxygen atoms in total. The second-order valence-electron chi connectivity index (χ2n) is 4.87. The Bertz CT molecular complexity index is 593. The molecule has 22 heavy (non-hydrogen) atoms. The number of nitrogens with zero attached hydrogens (tertiary/aromatic N) is 1. The Hall–Kier alpha value is -1.73. The second kappa shape index (κ2) is 7.02. The van der Waals surface area contributed by atoms with Gasteiger partial charge in [0.05, 0.1) is 5.88 Å². The standard InChI is InChI=1S/C14H15ClN2O4S/c1-8(14(20)21)16-12(18)11-6-22-7-17(11)13(19)9-2-4-10(15)5-3-9/h2-5,8,11H,6-7H2,1H3,(H,16,18)(H,20,21). The Morgan fingerprint density at radius 1 is 1.36 bits per heavy atom. The van der Waals surface area contributed by atoms with Crippen molar-refractivity contribution in [1.82, 2.24) is 10.2 Å². The maximum atomic E-state index is 12.5. The van der Waals surface area contributed by atoms with E-state index in [4.69, 9.17) is 16.7 Å². The SMILES string of the molecule is CC(NC(=O)C1CSCN1C(=O)c1ccc(Cl)cc1)C(=O)O. The molecule has 2 N–H and O–H groups in total. The van der Waals surface area contributed by atoms with Gasteiger partial charge in [-0.05, 0) is 31.2 Å². The third-order valence-corrected chi connectivity index (χ3v) is 4.53. The Morgan fingerprint density at radius 2 is 2.00 bits per heavy atom. The Morgan fingerprint density at radius 3 is 2.59 bits per heavy atom. The van der Waals surface area contributed by atoms with Crippen LogP contribution < -0.4 is 5.32 Å². The first-order valence-electron chi connectivity index (χ1n) is 6.57. The number of nitrogens with one attached hydrogen (secondary N) is 1. The normalized spacial score (nSPS) is 18.8. The topological polar surface area (TPSA) is 86.7 Å². The summed E-state index contributed by atoms with van der Waals surface area (Å²) in [5.41, 5.74) is 0.441. The van der Waals surface area contributed by atoms with E-state index >= 15 is 0 Å². The lowest BCUT2D eigenvalue weighted by molar-refractivity contribution is -0.141. The van der Waals surface area contributed by atoms with Crippen LogP contribution in [0.15, 0.2) is 24.3 Å². The molecule has 0 bridgehead atoms. The lowest BCUT2D eigenvalue weighted by atomic mass is 10.1. The molecule has 2 rings (SSSR count). The first-order valence-corrected chi connectivity index (χ1v) is 8.11. The van der Waals surface area contributed by atoms with Crippen molar-refractivity contribution in [2.75, 3.05) is 11.6 Å². The number of carbonyl (C=O) groups is 3. The molecular weight excluding hydrogens is 328 g/mol. The van der Waals surface area contributed by atoms with Crippen LogP contribution in [0.1, 0.15) is 17.3 Å². The van der Waals surface area contributed by atoms with Gasteiger partial charge in [0.2, 0.25) is 5.91 Å². The Labute approximate surface area is 136 Å². The highest BCUT2D eigenvalue weighted by Gasteiger charge is 2.36. The van der Waals surface area contributed by atoms with Gasteiger partial charge in [0.1, 0.15) is 12.1 Å². The first-order chi connectivity index (χ1) is 10.4. The number of carbonyl (C=O) groups excluding carboxylic acids is 2. The van der Waals surface area contributed by atoms with Gasteiger partial charge in [-0.25, -0.2) is 0 Å². The van der Waals surface area contributed by atoms with E-state index in [9.17, 15) is 14.4 Å². The summed E-state index contributed by atoms with van der Waals surface area (Å²) >= 11 is 7.24. The Balaban J connectivity index is 2.09. The average Bonchev–Trinajstić information content (AvgIpc) is 2.96. The summed E-state index contributed by atoms with van der Waals surface area (Å²) in [6.07, 6.45) is 0. The van der Waals surface area contributed by atoms with Crippen molar-refractivity contribution < 1.29 is 19.5 Å². The Kier molecular flexibility index (Phi) is 5.31. The predicted molar refractivity (Wildman–Crippen MR) is 84.0 cm³/mol. The monoisotopic (exact) mass is 342 g/mol. The van der Waals surface area contributed by atoms with Gasteiger partial charge in [-0.3, -0.25) is 14.4 Å². The molecule has 2 amide bonds. The van der Waals surface area contributed by atoms with Gasteiger partial charge in [0.25, 0.3) is 5.91 Å². The fourth-order valence-corrected chi connectivity index (χ4v) is 3.27. The predicted octanol–water partition coefficient (Wildman–Crippen LogP) is 1.44. The van der Waals surface area contributed by atoms with Crippen LogP contribution in [0.4, 0.5) is 0 Å².